The minimum Gasteiger partial charge on any atom is -0.462 e. The van der Waals surface area contributed by atoms with Crippen molar-refractivity contribution in [1.29, 1.82) is 0 Å². The van der Waals surface area contributed by atoms with Gasteiger partial charge in [0.2, 0.25) is 0 Å². The van der Waals surface area contributed by atoms with Gasteiger partial charge in [-0.3, -0.25) is 18.6 Å². The summed E-state index contributed by atoms with van der Waals surface area (Å²) in [7, 11) is -4.63. The maximum atomic E-state index is 12.5. The van der Waals surface area contributed by atoms with Crippen LogP contribution < -0.4 is 0 Å². The third-order valence-electron chi connectivity index (χ3n) is 7.23. The fourth-order valence-corrected chi connectivity index (χ4v) is 5.19. The van der Waals surface area contributed by atoms with Gasteiger partial charge in [0.05, 0.1) is 19.8 Å². The molecule has 3 atom stereocenters. The summed E-state index contributed by atoms with van der Waals surface area (Å²) < 4.78 is 32.4. The Kier molecular flexibility index (Phi) is 32.5. The van der Waals surface area contributed by atoms with Crippen molar-refractivity contribution in [2.45, 2.75) is 142 Å². The lowest BCUT2D eigenvalue weighted by molar-refractivity contribution is -0.161. The van der Waals surface area contributed by atoms with E-state index in [4.69, 9.17) is 19.1 Å². The second kappa shape index (κ2) is 34.1. The van der Waals surface area contributed by atoms with Crippen molar-refractivity contribution >= 4 is 19.8 Å². The number of rotatable bonds is 33. The summed E-state index contributed by atoms with van der Waals surface area (Å²) in [5.41, 5.74) is 0. The number of unbranched alkanes of at least 4 members (excludes halogenated alkanes) is 11. The highest BCUT2D eigenvalue weighted by molar-refractivity contribution is 7.47. The van der Waals surface area contributed by atoms with Crippen molar-refractivity contribution in [3.63, 3.8) is 0 Å². The average Bonchev–Trinajstić information content (AvgIpc) is 3.09. The van der Waals surface area contributed by atoms with E-state index in [-0.39, 0.29) is 19.4 Å². The molecule has 0 aliphatic rings. The van der Waals surface area contributed by atoms with Gasteiger partial charge in [0, 0.05) is 12.8 Å². The van der Waals surface area contributed by atoms with Crippen LogP contribution in [-0.2, 0) is 32.7 Å². The van der Waals surface area contributed by atoms with E-state index < -0.39 is 51.8 Å². The van der Waals surface area contributed by atoms with E-state index in [0.717, 1.165) is 51.4 Å². The molecule has 0 aliphatic heterocycles. The van der Waals surface area contributed by atoms with Crippen molar-refractivity contribution in [3.05, 3.63) is 60.8 Å². The maximum absolute atomic E-state index is 12.5. The number of aliphatic hydroxyl groups is 2. The highest BCUT2D eigenvalue weighted by atomic mass is 31.2. The van der Waals surface area contributed by atoms with E-state index in [0.29, 0.717) is 12.8 Å². The predicted molar refractivity (Wildman–Crippen MR) is 196 cm³/mol. The van der Waals surface area contributed by atoms with Crippen molar-refractivity contribution in [2.24, 2.45) is 0 Å². The van der Waals surface area contributed by atoms with Crippen LogP contribution in [0, 0.1) is 0 Å². The van der Waals surface area contributed by atoms with Gasteiger partial charge in [0.1, 0.15) is 12.7 Å². The molecule has 0 fully saturated rings. The van der Waals surface area contributed by atoms with Crippen LogP contribution >= 0.6 is 7.82 Å². The van der Waals surface area contributed by atoms with Gasteiger partial charge in [-0.2, -0.15) is 0 Å². The van der Waals surface area contributed by atoms with Crippen LogP contribution in [-0.4, -0.2) is 65.7 Å². The molecule has 11 heteroatoms. The van der Waals surface area contributed by atoms with Crippen LogP contribution in [0.5, 0.6) is 0 Å². The number of carbonyl (C=O) groups is 2. The van der Waals surface area contributed by atoms with Gasteiger partial charge < -0.3 is 24.6 Å². The Bertz CT molecular complexity index is 1000. The fraction of sp³-hybridized carbons (Fsp3) is 0.684. The highest BCUT2D eigenvalue weighted by Gasteiger charge is 2.27. The third-order valence-corrected chi connectivity index (χ3v) is 8.18. The summed E-state index contributed by atoms with van der Waals surface area (Å²) in [5.74, 6) is -1.04. The summed E-state index contributed by atoms with van der Waals surface area (Å²) in [4.78, 5) is 34.7. The first kappa shape index (κ1) is 46.7. The summed E-state index contributed by atoms with van der Waals surface area (Å²) in [6.45, 7) is 2.11. The number of hydrogen-bond donors (Lipinski definition) is 3. The molecular weight excluding hydrogens is 647 g/mol. The smallest absolute Gasteiger partial charge is 0.462 e. The standard InChI is InChI=1S/C38H65O10P/c1-3-5-7-9-11-13-15-17-19-21-23-25-27-29-37(41)45-33-36(34-47-49(43,44)46-32-35(40)31-39)48-38(42)30-28-26-24-22-20-18-16-14-12-10-8-6-4-2/h6,8,10,12,14,16-17,19,23,25,35-36,39-40H,3-5,7,9,11,13,15,18,20-22,24,26-34H2,1-2H3,(H,43,44)/b8-6+,12-10+,16-14+,19-17+,25-23+/t35-,36?/m0/s1. The Morgan fingerprint density at radius 3 is 1.92 bits per heavy atom. The van der Waals surface area contributed by atoms with E-state index in [1.807, 2.05) is 36.5 Å². The minimum atomic E-state index is -4.63. The zero-order chi connectivity index (χ0) is 36.3. The summed E-state index contributed by atoms with van der Waals surface area (Å²) in [6, 6.07) is 0. The van der Waals surface area contributed by atoms with Crippen molar-refractivity contribution in [2.75, 3.05) is 26.4 Å². The van der Waals surface area contributed by atoms with Crippen LogP contribution in [0.25, 0.3) is 0 Å². The van der Waals surface area contributed by atoms with E-state index >= 15 is 0 Å². The molecule has 0 aliphatic carbocycles. The zero-order valence-electron chi connectivity index (χ0n) is 30.1. The van der Waals surface area contributed by atoms with Crippen LogP contribution in [0.3, 0.4) is 0 Å². The summed E-state index contributed by atoms with van der Waals surface area (Å²) in [6.07, 6.45) is 35.0. The molecule has 0 rings (SSSR count). The zero-order valence-corrected chi connectivity index (χ0v) is 31.0. The van der Waals surface area contributed by atoms with Crippen LogP contribution in [0.4, 0.5) is 0 Å². The first-order valence-corrected chi connectivity index (χ1v) is 19.8. The summed E-state index contributed by atoms with van der Waals surface area (Å²) in [5, 5.41) is 18.2. The molecule has 10 nitrogen and oxygen atoms in total. The van der Waals surface area contributed by atoms with Gasteiger partial charge in [-0.05, 0) is 51.4 Å². The SMILES string of the molecule is CC/C=C/C=C/C=C/CCCCCCCC(=O)OC(COC(=O)CC/C=C/C/C=C/CCCCCCCC)COP(=O)(O)OC[C@@H](O)CO. The Labute approximate surface area is 296 Å². The van der Waals surface area contributed by atoms with E-state index in [2.05, 4.69) is 42.7 Å². The minimum absolute atomic E-state index is 0.128. The molecule has 0 aromatic carbocycles. The Morgan fingerprint density at radius 2 is 1.24 bits per heavy atom. The average molecular weight is 713 g/mol. The normalized spacial score (nSPS) is 14.8. The van der Waals surface area contributed by atoms with Gasteiger partial charge in [0.15, 0.2) is 6.10 Å². The number of phosphoric acid groups is 1. The Hall–Kier alpha value is -2.33. The van der Waals surface area contributed by atoms with Gasteiger partial charge >= 0.3 is 19.8 Å². The fourth-order valence-electron chi connectivity index (χ4n) is 4.40. The van der Waals surface area contributed by atoms with Crippen LogP contribution in [0.15, 0.2) is 60.8 Å². The monoisotopic (exact) mass is 712 g/mol. The number of esters is 2. The number of carbonyl (C=O) groups excluding carboxylic acids is 2. The Morgan fingerprint density at radius 1 is 0.653 bits per heavy atom. The van der Waals surface area contributed by atoms with Gasteiger partial charge in [-0.1, -0.05) is 126 Å². The molecule has 0 spiro atoms. The number of phosphoric ester groups is 1. The highest BCUT2D eigenvalue weighted by Crippen LogP contribution is 2.43. The lowest BCUT2D eigenvalue weighted by Gasteiger charge is -2.20. The van der Waals surface area contributed by atoms with E-state index in [1.54, 1.807) is 0 Å². The quantitative estimate of drug-likeness (QED) is 0.0198. The van der Waals surface area contributed by atoms with Crippen LogP contribution in [0.1, 0.15) is 129 Å². The summed E-state index contributed by atoms with van der Waals surface area (Å²) >= 11 is 0. The van der Waals surface area contributed by atoms with Gasteiger partial charge in [-0.15, -0.1) is 0 Å². The number of aliphatic hydroxyl groups excluding tert-OH is 2. The number of allylic oxidation sites excluding steroid dienone is 10. The third kappa shape index (κ3) is 33.9. The molecule has 0 aromatic heterocycles. The van der Waals surface area contributed by atoms with Gasteiger partial charge in [-0.25, -0.2) is 4.57 Å². The largest absolute Gasteiger partial charge is 0.472 e. The molecule has 2 unspecified atom stereocenters. The predicted octanol–water partition coefficient (Wildman–Crippen LogP) is 8.77. The first-order valence-electron chi connectivity index (χ1n) is 18.3. The Balaban J connectivity index is 4.52. The molecule has 0 saturated heterocycles. The number of ether oxygens (including phenoxy) is 2. The molecule has 3 N–H and O–H groups in total. The molecule has 49 heavy (non-hydrogen) atoms. The molecule has 0 amide bonds. The van der Waals surface area contributed by atoms with Crippen molar-refractivity contribution in [3.8, 4) is 0 Å². The molecular formula is C38H65O10P. The van der Waals surface area contributed by atoms with Crippen molar-refractivity contribution < 1.29 is 47.8 Å². The first-order chi connectivity index (χ1) is 23.7. The van der Waals surface area contributed by atoms with Crippen LogP contribution in [0.2, 0.25) is 0 Å². The molecule has 0 aromatic rings. The van der Waals surface area contributed by atoms with Crippen molar-refractivity contribution in [1.82, 2.24) is 0 Å². The van der Waals surface area contributed by atoms with E-state index in [1.165, 1.54) is 38.5 Å². The topological polar surface area (TPSA) is 149 Å². The van der Waals surface area contributed by atoms with Gasteiger partial charge in [0.25, 0.3) is 0 Å². The molecule has 0 bridgehead atoms. The lowest BCUT2D eigenvalue weighted by atomic mass is 10.1. The lowest BCUT2D eigenvalue weighted by Crippen LogP contribution is -2.29. The molecule has 0 radical (unpaired) electrons. The molecule has 282 valence electrons. The van der Waals surface area contributed by atoms with E-state index in [9.17, 15) is 24.2 Å². The molecule has 0 heterocycles. The second-order valence-corrected chi connectivity index (χ2v) is 13.4. The second-order valence-electron chi connectivity index (χ2n) is 11.9. The maximum Gasteiger partial charge on any atom is 0.472 e. The number of hydrogen-bond acceptors (Lipinski definition) is 9. The molecule has 0 saturated carbocycles.